The lowest BCUT2D eigenvalue weighted by molar-refractivity contribution is -0.123. The number of nitrogens with two attached hydrogens (primary N) is 1. The van der Waals surface area contributed by atoms with E-state index in [0.29, 0.717) is 32.0 Å². The summed E-state index contributed by atoms with van der Waals surface area (Å²) in [6.07, 6.45) is 6.77. The summed E-state index contributed by atoms with van der Waals surface area (Å²) in [6, 6.07) is 0. The molecule has 0 radical (unpaired) electrons. The van der Waals surface area contributed by atoms with Gasteiger partial charge in [0.15, 0.2) is 0 Å². The van der Waals surface area contributed by atoms with E-state index in [1.54, 1.807) is 0 Å². The monoisotopic (exact) mass is 283 g/mol. The number of carbonyl (C=O) groups is 2. The second kappa shape index (κ2) is 9.75. The molecule has 0 aliphatic heterocycles. The predicted molar refractivity (Wildman–Crippen MR) is 80.0 cm³/mol. The number of hydrogen-bond acceptors (Lipinski definition) is 3. The first-order chi connectivity index (χ1) is 9.67. The maximum atomic E-state index is 11.7. The average molecular weight is 283 g/mol. The summed E-state index contributed by atoms with van der Waals surface area (Å²) in [7, 11) is 0. The van der Waals surface area contributed by atoms with Gasteiger partial charge in [-0.1, -0.05) is 19.8 Å². The summed E-state index contributed by atoms with van der Waals surface area (Å²) in [5.41, 5.74) is 5.58. The van der Waals surface area contributed by atoms with Crippen LogP contribution in [0.15, 0.2) is 0 Å². The van der Waals surface area contributed by atoms with Gasteiger partial charge in [-0.05, 0) is 38.1 Å². The second-order valence-corrected chi connectivity index (χ2v) is 5.69. The van der Waals surface area contributed by atoms with Crippen molar-refractivity contribution in [3.05, 3.63) is 0 Å². The lowest BCUT2D eigenvalue weighted by atomic mass is 9.94. The van der Waals surface area contributed by atoms with Crippen molar-refractivity contribution in [2.45, 2.75) is 51.9 Å². The van der Waals surface area contributed by atoms with Crippen LogP contribution in [-0.4, -0.2) is 31.4 Å². The molecule has 5 heteroatoms. The third kappa shape index (κ3) is 7.48. The van der Waals surface area contributed by atoms with Crippen molar-refractivity contribution >= 4 is 11.8 Å². The number of nitrogens with one attached hydrogen (secondary N) is 2. The van der Waals surface area contributed by atoms with Crippen LogP contribution in [0, 0.1) is 11.8 Å². The Labute approximate surface area is 122 Å². The highest BCUT2D eigenvalue weighted by molar-refractivity contribution is 5.81. The van der Waals surface area contributed by atoms with Crippen LogP contribution in [-0.2, 0) is 9.59 Å². The van der Waals surface area contributed by atoms with E-state index in [4.69, 9.17) is 5.73 Å². The van der Waals surface area contributed by atoms with Crippen LogP contribution in [0.5, 0.6) is 0 Å². The molecule has 1 atom stereocenters. The first-order valence-electron chi connectivity index (χ1n) is 7.91. The predicted octanol–water partition coefficient (Wildman–Crippen LogP) is 1.17. The van der Waals surface area contributed by atoms with Crippen LogP contribution in [0.3, 0.4) is 0 Å². The Morgan fingerprint density at radius 1 is 1.15 bits per heavy atom. The van der Waals surface area contributed by atoms with Crippen molar-refractivity contribution in [1.82, 2.24) is 10.6 Å². The Hall–Kier alpha value is -1.10. The molecular weight excluding hydrogens is 254 g/mol. The molecule has 1 aliphatic carbocycles. The van der Waals surface area contributed by atoms with Gasteiger partial charge in [0.05, 0.1) is 0 Å². The molecule has 1 aliphatic rings. The summed E-state index contributed by atoms with van der Waals surface area (Å²) in [4.78, 5) is 23.1. The van der Waals surface area contributed by atoms with Crippen LogP contribution in [0.4, 0.5) is 0 Å². The quantitative estimate of drug-likeness (QED) is 0.498. The van der Waals surface area contributed by atoms with Gasteiger partial charge < -0.3 is 16.4 Å². The molecule has 116 valence electrons. The maximum absolute atomic E-state index is 11.7. The van der Waals surface area contributed by atoms with E-state index < -0.39 is 0 Å². The topological polar surface area (TPSA) is 84.2 Å². The van der Waals surface area contributed by atoms with Gasteiger partial charge in [-0.2, -0.15) is 0 Å². The van der Waals surface area contributed by atoms with Gasteiger partial charge in [-0.25, -0.2) is 0 Å². The molecule has 0 aromatic carbocycles. The third-order valence-corrected chi connectivity index (χ3v) is 3.75. The fourth-order valence-corrected chi connectivity index (χ4v) is 2.38. The molecule has 5 nitrogen and oxygen atoms in total. The molecular formula is C15H29N3O2. The van der Waals surface area contributed by atoms with Gasteiger partial charge in [-0.3, -0.25) is 9.59 Å². The Morgan fingerprint density at radius 2 is 1.85 bits per heavy atom. The molecule has 0 spiro atoms. The van der Waals surface area contributed by atoms with E-state index in [0.717, 1.165) is 38.5 Å². The lowest BCUT2D eigenvalue weighted by Gasteiger charge is -2.14. The van der Waals surface area contributed by atoms with E-state index in [1.165, 1.54) is 0 Å². The molecule has 0 aromatic rings. The normalized spacial score (nSPS) is 15.7. The Morgan fingerprint density at radius 3 is 2.45 bits per heavy atom. The third-order valence-electron chi connectivity index (χ3n) is 3.75. The Kier molecular flexibility index (Phi) is 8.26. The lowest BCUT2D eigenvalue weighted by Crippen LogP contribution is -2.35. The highest BCUT2D eigenvalue weighted by Gasteiger charge is 2.28. The molecule has 4 N–H and O–H groups in total. The van der Waals surface area contributed by atoms with Crippen LogP contribution in [0.25, 0.3) is 0 Å². The van der Waals surface area contributed by atoms with Crippen molar-refractivity contribution in [2.24, 2.45) is 17.6 Å². The van der Waals surface area contributed by atoms with Crippen molar-refractivity contribution in [2.75, 3.05) is 19.6 Å². The molecule has 0 heterocycles. The molecule has 0 saturated heterocycles. The molecule has 20 heavy (non-hydrogen) atoms. The van der Waals surface area contributed by atoms with Gasteiger partial charge >= 0.3 is 0 Å². The SMILES string of the molecule is CCCC(CCN)CCC(=O)NCCNC(=O)C1CC1. The summed E-state index contributed by atoms with van der Waals surface area (Å²) < 4.78 is 0. The standard InChI is InChI=1S/C15H29N3O2/c1-2-3-12(8-9-16)4-7-14(19)17-10-11-18-15(20)13-5-6-13/h12-13H,2-11,16H2,1H3,(H,17,19)(H,18,20). The maximum Gasteiger partial charge on any atom is 0.223 e. The Bertz CT molecular complexity index is 297. The van der Waals surface area contributed by atoms with Crippen LogP contribution < -0.4 is 16.4 Å². The van der Waals surface area contributed by atoms with Gasteiger partial charge in [0, 0.05) is 25.4 Å². The van der Waals surface area contributed by atoms with E-state index in [9.17, 15) is 9.59 Å². The second-order valence-electron chi connectivity index (χ2n) is 5.69. The highest BCUT2D eigenvalue weighted by atomic mass is 16.2. The minimum atomic E-state index is 0.0730. The fourth-order valence-electron chi connectivity index (χ4n) is 2.38. The first-order valence-corrected chi connectivity index (χ1v) is 7.91. The molecule has 1 unspecified atom stereocenters. The number of rotatable bonds is 11. The Balaban J connectivity index is 2.02. The molecule has 1 saturated carbocycles. The zero-order valence-corrected chi connectivity index (χ0v) is 12.6. The fraction of sp³-hybridized carbons (Fsp3) is 0.867. The average Bonchev–Trinajstić information content (AvgIpc) is 3.25. The highest BCUT2D eigenvalue weighted by Crippen LogP contribution is 2.28. The van der Waals surface area contributed by atoms with Crippen LogP contribution >= 0.6 is 0 Å². The van der Waals surface area contributed by atoms with Gasteiger partial charge in [0.2, 0.25) is 11.8 Å². The molecule has 1 fully saturated rings. The van der Waals surface area contributed by atoms with Gasteiger partial charge in [0.1, 0.15) is 0 Å². The van der Waals surface area contributed by atoms with Crippen molar-refractivity contribution in [3.8, 4) is 0 Å². The zero-order valence-electron chi connectivity index (χ0n) is 12.6. The first kappa shape index (κ1) is 17.0. The smallest absolute Gasteiger partial charge is 0.223 e. The number of amides is 2. The molecule has 2 amide bonds. The summed E-state index contributed by atoms with van der Waals surface area (Å²) in [5.74, 6) is 0.996. The van der Waals surface area contributed by atoms with Gasteiger partial charge in [-0.15, -0.1) is 0 Å². The zero-order chi connectivity index (χ0) is 14.8. The largest absolute Gasteiger partial charge is 0.354 e. The van der Waals surface area contributed by atoms with E-state index in [-0.39, 0.29) is 17.7 Å². The van der Waals surface area contributed by atoms with E-state index in [1.807, 2.05) is 0 Å². The van der Waals surface area contributed by atoms with Crippen molar-refractivity contribution in [1.29, 1.82) is 0 Å². The number of carbonyl (C=O) groups excluding carboxylic acids is 2. The summed E-state index contributed by atoms with van der Waals surface area (Å²) in [6.45, 7) is 3.90. The van der Waals surface area contributed by atoms with Crippen LogP contribution in [0.1, 0.15) is 51.9 Å². The van der Waals surface area contributed by atoms with Crippen molar-refractivity contribution in [3.63, 3.8) is 0 Å². The molecule has 1 rings (SSSR count). The summed E-state index contributed by atoms with van der Waals surface area (Å²) >= 11 is 0. The van der Waals surface area contributed by atoms with E-state index in [2.05, 4.69) is 17.6 Å². The molecule has 0 aromatic heterocycles. The van der Waals surface area contributed by atoms with Crippen LogP contribution in [0.2, 0.25) is 0 Å². The molecule has 0 bridgehead atoms. The summed E-state index contributed by atoms with van der Waals surface area (Å²) in [5, 5.41) is 5.69. The minimum Gasteiger partial charge on any atom is -0.354 e. The van der Waals surface area contributed by atoms with E-state index >= 15 is 0 Å². The minimum absolute atomic E-state index is 0.0730. The van der Waals surface area contributed by atoms with Crippen molar-refractivity contribution < 1.29 is 9.59 Å². The number of hydrogen-bond donors (Lipinski definition) is 3. The van der Waals surface area contributed by atoms with Gasteiger partial charge in [0.25, 0.3) is 0 Å².